The molecule has 0 rings (SSSR count). The molecule has 0 saturated heterocycles. The molecule has 2 atom stereocenters. The van der Waals surface area contributed by atoms with Gasteiger partial charge in [0, 0.05) is 19.3 Å². The molecule has 0 fully saturated rings. The van der Waals surface area contributed by atoms with Gasteiger partial charge in [-0.15, -0.1) is 0 Å². The third-order valence-electron chi connectivity index (χ3n) is 10.9. The third kappa shape index (κ3) is 42.1. The van der Waals surface area contributed by atoms with Crippen molar-refractivity contribution >= 4 is 17.9 Å². The molecule has 352 valence electrons. The Hall–Kier alpha value is -2.97. The summed E-state index contributed by atoms with van der Waals surface area (Å²) < 4.78 is 17.3. The van der Waals surface area contributed by atoms with E-state index in [4.69, 9.17) is 14.2 Å². The second-order valence-corrected chi connectivity index (χ2v) is 17.7. The summed E-state index contributed by atoms with van der Waals surface area (Å²) in [6.45, 7) is 4.68. The lowest BCUT2D eigenvalue weighted by atomic mass is 10.1. The summed E-state index contributed by atoms with van der Waals surface area (Å²) in [5.74, 6) is -1.50. The number of hydrogen-bond acceptors (Lipinski definition) is 6. The standard InChI is InChI=1S/C53H93NO7/c1-6-8-10-12-14-16-18-20-22-24-25-26-27-28-30-32-34-36-38-40-42-44-52(56)61-49(47-59-46-45-50(53(57)58)54(3,4)5)48-60-51(55)43-41-39-37-35-33-31-29-23-21-19-17-15-13-11-9-7-2/h14,16,20,22-23,25-26,28-30,49-50H,6-13,15,17-19,21,24,27,31-48H2,1-5H3/p+1/b16-14+,22-20+,26-25+,29-23+,30-28+. The zero-order valence-electron chi connectivity index (χ0n) is 40.1. The highest BCUT2D eigenvalue weighted by atomic mass is 16.6. The average molecular weight is 857 g/mol. The second kappa shape index (κ2) is 43.7. The van der Waals surface area contributed by atoms with Gasteiger partial charge in [-0.1, -0.05) is 164 Å². The monoisotopic (exact) mass is 857 g/mol. The van der Waals surface area contributed by atoms with Crippen LogP contribution < -0.4 is 0 Å². The first-order chi connectivity index (χ1) is 29.6. The molecule has 0 radical (unpaired) electrons. The van der Waals surface area contributed by atoms with Crippen LogP contribution in [-0.4, -0.2) is 80.6 Å². The van der Waals surface area contributed by atoms with Crippen LogP contribution in [0, 0.1) is 0 Å². The Kier molecular flexibility index (Phi) is 41.5. The topological polar surface area (TPSA) is 99.1 Å². The maximum Gasteiger partial charge on any atom is 0.362 e. The molecule has 0 heterocycles. The maximum atomic E-state index is 12.8. The van der Waals surface area contributed by atoms with Crippen LogP contribution in [0.5, 0.6) is 0 Å². The van der Waals surface area contributed by atoms with Crippen molar-refractivity contribution in [2.24, 2.45) is 0 Å². The molecule has 0 aromatic carbocycles. The van der Waals surface area contributed by atoms with E-state index >= 15 is 0 Å². The Morgan fingerprint density at radius 1 is 0.492 bits per heavy atom. The number of rotatable bonds is 44. The number of carboxylic acids is 1. The summed E-state index contributed by atoms with van der Waals surface area (Å²) in [6, 6.07) is -0.622. The summed E-state index contributed by atoms with van der Waals surface area (Å²) in [4.78, 5) is 37.1. The fourth-order valence-corrected chi connectivity index (χ4v) is 7.01. The minimum absolute atomic E-state index is 0.0491. The lowest BCUT2D eigenvalue weighted by Crippen LogP contribution is -2.50. The summed E-state index contributed by atoms with van der Waals surface area (Å²) in [7, 11) is 5.52. The molecular weight excluding hydrogens is 763 g/mol. The zero-order chi connectivity index (χ0) is 44.9. The number of carbonyl (C=O) groups is 3. The Morgan fingerprint density at radius 2 is 0.869 bits per heavy atom. The molecular formula is C53H94NO7+. The van der Waals surface area contributed by atoms with Gasteiger partial charge in [-0.2, -0.15) is 0 Å². The Bertz CT molecular complexity index is 1180. The van der Waals surface area contributed by atoms with E-state index in [1.807, 2.05) is 21.1 Å². The fraction of sp³-hybridized carbons (Fsp3) is 0.755. The Morgan fingerprint density at radius 3 is 1.33 bits per heavy atom. The van der Waals surface area contributed by atoms with Crippen LogP contribution in [0.4, 0.5) is 0 Å². The number of unbranched alkanes of at least 4 members (excludes halogenated alkanes) is 20. The number of carboxylic acid groups (broad SMARTS) is 1. The van der Waals surface area contributed by atoms with Gasteiger partial charge in [-0.05, 0) is 83.5 Å². The number of nitrogens with zero attached hydrogens (tertiary/aromatic N) is 1. The molecule has 0 aliphatic rings. The molecule has 0 aromatic rings. The fourth-order valence-electron chi connectivity index (χ4n) is 7.01. The van der Waals surface area contributed by atoms with Crippen molar-refractivity contribution in [3.63, 3.8) is 0 Å². The lowest BCUT2D eigenvalue weighted by molar-refractivity contribution is -0.887. The van der Waals surface area contributed by atoms with E-state index in [-0.39, 0.29) is 36.2 Å². The molecule has 0 saturated carbocycles. The van der Waals surface area contributed by atoms with Crippen LogP contribution in [0.3, 0.4) is 0 Å². The van der Waals surface area contributed by atoms with Crippen molar-refractivity contribution in [1.29, 1.82) is 0 Å². The van der Waals surface area contributed by atoms with Gasteiger partial charge in [0.25, 0.3) is 0 Å². The Balaban J connectivity index is 4.34. The molecule has 0 bridgehead atoms. The first kappa shape index (κ1) is 58.0. The number of hydrogen-bond donors (Lipinski definition) is 1. The van der Waals surface area contributed by atoms with Crippen LogP contribution in [0.2, 0.25) is 0 Å². The SMILES string of the molecule is CCCCC/C=C/C/C=C/C/C=C/C/C=C/CCCCCCCC(=O)OC(COCCC(C(=O)O)[N+](C)(C)C)COC(=O)CCCCCCC/C=C/CCCCCCCCC. The van der Waals surface area contributed by atoms with Gasteiger partial charge < -0.3 is 23.8 Å². The van der Waals surface area contributed by atoms with Crippen LogP contribution >= 0.6 is 0 Å². The molecule has 8 nitrogen and oxygen atoms in total. The van der Waals surface area contributed by atoms with Gasteiger partial charge in [-0.25, -0.2) is 4.79 Å². The molecule has 0 amide bonds. The molecule has 61 heavy (non-hydrogen) atoms. The summed E-state index contributed by atoms with van der Waals surface area (Å²) in [5.41, 5.74) is 0. The summed E-state index contributed by atoms with van der Waals surface area (Å²) in [5, 5.41) is 9.64. The van der Waals surface area contributed by atoms with Crippen LogP contribution in [0.1, 0.15) is 206 Å². The van der Waals surface area contributed by atoms with E-state index in [0.717, 1.165) is 89.9 Å². The number of carbonyl (C=O) groups excluding carboxylic acids is 2. The number of quaternary nitrogens is 1. The highest BCUT2D eigenvalue weighted by molar-refractivity contribution is 5.72. The highest BCUT2D eigenvalue weighted by Gasteiger charge is 2.31. The molecule has 2 unspecified atom stereocenters. The first-order valence-electron chi connectivity index (χ1n) is 24.8. The smallest absolute Gasteiger partial charge is 0.362 e. The van der Waals surface area contributed by atoms with Crippen molar-refractivity contribution in [3.05, 3.63) is 60.8 Å². The van der Waals surface area contributed by atoms with E-state index in [0.29, 0.717) is 19.3 Å². The van der Waals surface area contributed by atoms with E-state index in [2.05, 4.69) is 74.6 Å². The molecule has 0 aliphatic carbocycles. The van der Waals surface area contributed by atoms with Gasteiger partial charge in [-0.3, -0.25) is 9.59 Å². The van der Waals surface area contributed by atoms with E-state index in [1.54, 1.807) is 0 Å². The van der Waals surface area contributed by atoms with Crippen LogP contribution in [-0.2, 0) is 28.6 Å². The second-order valence-electron chi connectivity index (χ2n) is 17.7. The third-order valence-corrected chi connectivity index (χ3v) is 10.9. The number of allylic oxidation sites excluding steroid dienone is 10. The number of aliphatic carboxylic acids is 1. The number of likely N-dealkylation sites (N-methyl/N-ethyl adjacent to an activating group) is 1. The number of ether oxygens (including phenoxy) is 3. The van der Waals surface area contributed by atoms with Crippen molar-refractivity contribution in [1.82, 2.24) is 0 Å². The van der Waals surface area contributed by atoms with Crippen LogP contribution in [0.15, 0.2) is 60.8 Å². The average Bonchev–Trinajstić information content (AvgIpc) is 3.22. The largest absolute Gasteiger partial charge is 0.477 e. The predicted molar refractivity (Wildman–Crippen MR) is 257 cm³/mol. The van der Waals surface area contributed by atoms with Gasteiger partial charge in [0.15, 0.2) is 12.1 Å². The lowest BCUT2D eigenvalue weighted by Gasteiger charge is -2.31. The van der Waals surface area contributed by atoms with Gasteiger partial charge >= 0.3 is 17.9 Å². The van der Waals surface area contributed by atoms with Gasteiger partial charge in [0.2, 0.25) is 0 Å². The van der Waals surface area contributed by atoms with Gasteiger partial charge in [0.1, 0.15) is 6.61 Å². The van der Waals surface area contributed by atoms with Crippen molar-refractivity contribution < 1.29 is 38.2 Å². The highest BCUT2D eigenvalue weighted by Crippen LogP contribution is 2.14. The van der Waals surface area contributed by atoms with Crippen molar-refractivity contribution in [2.45, 2.75) is 219 Å². The van der Waals surface area contributed by atoms with Crippen molar-refractivity contribution in [2.75, 3.05) is 41.0 Å². The molecule has 0 spiro atoms. The van der Waals surface area contributed by atoms with Crippen LogP contribution in [0.25, 0.3) is 0 Å². The molecule has 8 heteroatoms. The van der Waals surface area contributed by atoms with E-state index in [1.165, 1.54) is 83.5 Å². The van der Waals surface area contributed by atoms with E-state index < -0.39 is 18.1 Å². The van der Waals surface area contributed by atoms with E-state index in [9.17, 15) is 19.5 Å². The maximum absolute atomic E-state index is 12.8. The molecule has 0 aliphatic heterocycles. The quantitative estimate of drug-likeness (QED) is 0.0282. The number of esters is 2. The first-order valence-corrected chi connectivity index (χ1v) is 24.8. The summed E-state index contributed by atoms with van der Waals surface area (Å²) >= 11 is 0. The zero-order valence-corrected chi connectivity index (χ0v) is 40.1. The predicted octanol–water partition coefficient (Wildman–Crippen LogP) is 14.1. The molecule has 0 aromatic heterocycles. The minimum Gasteiger partial charge on any atom is -0.477 e. The summed E-state index contributed by atoms with van der Waals surface area (Å²) in [6.07, 6.45) is 54.0. The Labute approximate surface area is 375 Å². The normalized spacial score (nSPS) is 13.4. The molecule has 1 N–H and O–H groups in total. The van der Waals surface area contributed by atoms with Gasteiger partial charge in [0.05, 0.1) is 34.4 Å². The van der Waals surface area contributed by atoms with Crippen molar-refractivity contribution in [3.8, 4) is 0 Å². The minimum atomic E-state index is -0.880.